The maximum Gasteiger partial charge on any atom is 0.339 e. The largest absolute Gasteiger partial charge is 0.465 e. The van der Waals surface area contributed by atoms with Gasteiger partial charge in [0.05, 0.1) is 24.3 Å². The van der Waals surface area contributed by atoms with Crippen LogP contribution in [0.25, 0.3) is 0 Å². The molecule has 0 spiro atoms. The highest BCUT2D eigenvalue weighted by atomic mass is 19.1. The number of Topliss-reactive ketones (excluding diaryl/α,β-unsaturated/α-hetero) is 1. The Bertz CT molecular complexity index is 1070. The second kappa shape index (κ2) is 9.97. The van der Waals surface area contributed by atoms with Crippen molar-refractivity contribution in [3.8, 4) is 0 Å². The number of carbonyl (C=O) groups is 4. The number of hydrogen-bond donors (Lipinski definition) is 1. The van der Waals surface area contributed by atoms with E-state index in [2.05, 4.69) is 4.98 Å². The van der Waals surface area contributed by atoms with E-state index in [9.17, 15) is 23.6 Å². The monoisotopic (exact) mass is 458 g/mol. The Morgan fingerprint density at radius 1 is 1.09 bits per heavy atom. The Morgan fingerprint density at radius 2 is 1.70 bits per heavy atom. The fraction of sp³-hybridized carbons (Fsp3) is 0.417. The van der Waals surface area contributed by atoms with Crippen LogP contribution in [0.1, 0.15) is 62.2 Å². The molecule has 2 aromatic rings. The number of halogens is 1. The van der Waals surface area contributed by atoms with Gasteiger partial charge in [-0.25, -0.2) is 9.18 Å². The van der Waals surface area contributed by atoms with E-state index in [1.165, 1.54) is 38.3 Å². The Balaban J connectivity index is 1.57. The molecule has 9 heteroatoms. The van der Waals surface area contributed by atoms with Gasteiger partial charge in [-0.2, -0.15) is 0 Å². The van der Waals surface area contributed by atoms with Gasteiger partial charge in [0.1, 0.15) is 5.82 Å². The van der Waals surface area contributed by atoms with Gasteiger partial charge in [-0.3, -0.25) is 14.4 Å². The molecule has 2 heterocycles. The highest BCUT2D eigenvalue weighted by Crippen LogP contribution is 2.24. The van der Waals surface area contributed by atoms with Gasteiger partial charge in [0, 0.05) is 24.3 Å². The van der Waals surface area contributed by atoms with E-state index < -0.39 is 35.6 Å². The second-order valence-corrected chi connectivity index (χ2v) is 8.13. The van der Waals surface area contributed by atoms with Gasteiger partial charge in [-0.05, 0) is 63.4 Å². The van der Waals surface area contributed by atoms with Gasteiger partial charge in [-0.1, -0.05) is 0 Å². The first-order valence-electron chi connectivity index (χ1n) is 10.7. The zero-order valence-corrected chi connectivity index (χ0v) is 19.1. The lowest BCUT2D eigenvalue weighted by molar-refractivity contribution is -0.152. The van der Waals surface area contributed by atoms with Crippen LogP contribution in [0.4, 0.5) is 4.39 Å². The lowest BCUT2D eigenvalue weighted by atomic mass is 9.96. The maximum atomic E-state index is 13.1. The first kappa shape index (κ1) is 24.2. The minimum absolute atomic E-state index is 0.202. The zero-order chi connectivity index (χ0) is 24.3. The van der Waals surface area contributed by atoms with Gasteiger partial charge in [0.15, 0.2) is 6.10 Å². The fourth-order valence-electron chi connectivity index (χ4n) is 4.03. The summed E-state index contributed by atoms with van der Waals surface area (Å²) in [4.78, 5) is 54.5. The molecule has 0 radical (unpaired) electrons. The number of aromatic amines is 1. The maximum absolute atomic E-state index is 13.1. The van der Waals surface area contributed by atoms with Gasteiger partial charge in [0.25, 0.3) is 5.91 Å². The molecule has 1 fully saturated rings. The number of aryl methyl sites for hydroxylation is 1. The normalized spacial score (nSPS) is 15.1. The molecule has 0 unspecified atom stereocenters. The number of esters is 2. The van der Waals surface area contributed by atoms with Crippen LogP contribution in [0.15, 0.2) is 24.3 Å². The van der Waals surface area contributed by atoms with Gasteiger partial charge >= 0.3 is 11.9 Å². The quantitative estimate of drug-likeness (QED) is 0.526. The van der Waals surface area contributed by atoms with E-state index in [0.29, 0.717) is 42.8 Å². The third-order valence-corrected chi connectivity index (χ3v) is 5.94. The lowest BCUT2D eigenvalue weighted by Crippen LogP contribution is -2.41. The average molecular weight is 458 g/mol. The van der Waals surface area contributed by atoms with Crippen LogP contribution < -0.4 is 0 Å². The molecule has 0 bridgehead atoms. The molecule has 1 amide bonds. The first-order valence-corrected chi connectivity index (χ1v) is 10.7. The molecule has 1 aromatic heterocycles. The summed E-state index contributed by atoms with van der Waals surface area (Å²) in [5.41, 5.74) is 1.82. The third-order valence-electron chi connectivity index (χ3n) is 5.94. The van der Waals surface area contributed by atoms with Crippen molar-refractivity contribution in [2.75, 3.05) is 20.2 Å². The minimum Gasteiger partial charge on any atom is -0.465 e. The summed E-state index contributed by atoms with van der Waals surface area (Å²) < 4.78 is 23.2. The highest BCUT2D eigenvalue weighted by molar-refractivity contribution is 6.04. The summed E-state index contributed by atoms with van der Waals surface area (Å²) in [5.74, 6) is -2.56. The Hall–Kier alpha value is -3.49. The smallest absolute Gasteiger partial charge is 0.339 e. The third kappa shape index (κ3) is 5.13. The number of nitrogens with one attached hydrogen (secondary N) is 1. The molecule has 33 heavy (non-hydrogen) atoms. The van der Waals surface area contributed by atoms with E-state index in [1.54, 1.807) is 18.7 Å². The Labute approximate surface area is 191 Å². The number of rotatable bonds is 6. The van der Waals surface area contributed by atoms with Gasteiger partial charge < -0.3 is 19.4 Å². The van der Waals surface area contributed by atoms with Crippen LogP contribution in [0.3, 0.4) is 0 Å². The number of benzene rings is 1. The van der Waals surface area contributed by atoms with Crippen molar-refractivity contribution in [3.05, 3.63) is 58.2 Å². The number of piperidine rings is 1. The molecule has 1 aromatic carbocycles. The number of carbonyl (C=O) groups excluding carboxylic acids is 4. The fourth-order valence-corrected chi connectivity index (χ4v) is 4.03. The van der Waals surface area contributed by atoms with E-state index in [4.69, 9.17) is 9.47 Å². The standard InChI is InChI=1S/C24H27FN2O6/c1-13-19(24(31)32-4)14(2)26-20(13)21(28)15(3)33-23(30)17-9-11-27(12-10-17)22(29)16-5-7-18(25)8-6-16/h5-8,15,17,26H,9-12H2,1-4H3/t15-/m1/s1. The predicted molar refractivity (Wildman–Crippen MR) is 117 cm³/mol. The second-order valence-electron chi connectivity index (χ2n) is 8.13. The van der Waals surface area contributed by atoms with Crippen molar-refractivity contribution in [1.82, 2.24) is 9.88 Å². The van der Waals surface area contributed by atoms with Gasteiger partial charge in [0.2, 0.25) is 5.78 Å². The molecule has 0 saturated carbocycles. The van der Waals surface area contributed by atoms with Gasteiger partial charge in [-0.15, -0.1) is 0 Å². The Morgan fingerprint density at radius 3 is 2.27 bits per heavy atom. The van der Waals surface area contributed by atoms with Crippen LogP contribution in [0.2, 0.25) is 0 Å². The van der Waals surface area contributed by atoms with E-state index in [0.717, 1.165) is 0 Å². The van der Waals surface area contributed by atoms with Crippen molar-refractivity contribution >= 4 is 23.6 Å². The summed E-state index contributed by atoms with van der Waals surface area (Å²) in [6.07, 6.45) is -0.238. The number of amides is 1. The van der Waals surface area contributed by atoms with Crippen molar-refractivity contribution < 1.29 is 33.0 Å². The molecule has 1 atom stereocenters. The molecular formula is C24H27FN2O6. The summed E-state index contributed by atoms with van der Waals surface area (Å²) in [6.45, 7) is 5.49. The molecule has 8 nitrogen and oxygen atoms in total. The number of nitrogens with zero attached hydrogens (tertiary/aromatic N) is 1. The van der Waals surface area contributed by atoms with Crippen molar-refractivity contribution in [3.63, 3.8) is 0 Å². The molecule has 1 aliphatic heterocycles. The van der Waals surface area contributed by atoms with Crippen LogP contribution in [-0.2, 0) is 14.3 Å². The number of ketones is 1. The molecular weight excluding hydrogens is 431 g/mol. The number of methoxy groups -OCH3 is 1. The van der Waals surface area contributed by atoms with E-state index in [-0.39, 0.29) is 17.2 Å². The lowest BCUT2D eigenvalue weighted by Gasteiger charge is -2.31. The zero-order valence-electron chi connectivity index (χ0n) is 19.1. The highest BCUT2D eigenvalue weighted by Gasteiger charge is 2.32. The Kier molecular flexibility index (Phi) is 7.30. The summed E-state index contributed by atoms with van der Waals surface area (Å²) >= 11 is 0. The van der Waals surface area contributed by atoms with Crippen molar-refractivity contribution in [1.29, 1.82) is 0 Å². The molecule has 1 N–H and O–H groups in total. The molecule has 0 aliphatic carbocycles. The minimum atomic E-state index is -1.04. The number of H-pyrrole nitrogens is 1. The molecule has 176 valence electrons. The summed E-state index contributed by atoms with van der Waals surface area (Å²) in [6, 6.07) is 5.33. The number of likely N-dealkylation sites (tertiary alicyclic amines) is 1. The van der Waals surface area contributed by atoms with E-state index in [1.807, 2.05) is 0 Å². The summed E-state index contributed by atoms with van der Waals surface area (Å²) in [5, 5.41) is 0. The van der Waals surface area contributed by atoms with E-state index >= 15 is 0 Å². The van der Waals surface area contributed by atoms with Crippen LogP contribution in [-0.4, -0.2) is 59.8 Å². The number of ether oxygens (including phenoxy) is 2. The van der Waals surface area contributed by atoms with Crippen LogP contribution in [0, 0.1) is 25.6 Å². The molecule has 1 aliphatic rings. The van der Waals surface area contributed by atoms with Crippen molar-refractivity contribution in [2.24, 2.45) is 5.92 Å². The average Bonchev–Trinajstić information content (AvgIpc) is 3.11. The topological polar surface area (TPSA) is 106 Å². The predicted octanol–water partition coefficient (Wildman–Crippen LogP) is 3.22. The summed E-state index contributed by atoms with van der Waals surface area (Å²) in [7, 11) is 1.26. The van der Waals surface area contributed by atoms with Crippen LogP contribution >= 0.6 is 0 Å². The SMILES string of the molecule is COC(=O)c1c(C)[nH]c(C(=O)[C@@H](C)OC(=O)C2CCN(C(=O)c3ccc(F)cc3)CC2)c1C. The molecule has 1 saturated heterocycles. The first-order chi connectivity index (χ1) is 15.6. The number of aromatic nitrogens is 1. The van der Waals surface area contributed by atoms with Crippen molar-refractivity contribution in [2.45, 2.75) is 39.7 Å². The molecule has 3 rings (SSSR count). The number of hydrogen-bond acceptors (Lipinski definition) is 6. The van der Waals surface area contributed by atoms with Crippen LogP contribution in [0.5, 0.6) is 0 Å².